The van der Waals surface area contributed by atoms with Crippen LogP contribution < -0.4 is 16.7 Å². The van der Waals surface area contributed by atoms with E-state index in [1.807, 2.05) is 0 Å². The van der Waals surface area contributed by atoms with E-state index >= 15 is 0 Å². The van der Waals surface area contributed by atoms with E-state index in [1.54, 1.807) is 0 Å². The molecule has 2 aliphatic heterocycles. The van der Waals surface area contributed by atoms with Gasteiger partial charge in [0.15, 0.2) is 6.23 Å². The van der Waals surface area contributed by atoms with E-state index in [0.29, 0.717) is 11.8 Å². The molecule has 0 aliphatic carbocycles. The van der Waals surface area contributed by atoms with Gasteiger partial charge in [0, 0.05) is 25.3 Å². The Kier molecular flexibility index (Phi) is 12.3. The van der Waals surface area contributed by atoms with Crippen LogP contribution >= 0.6 is 19.6 Å². The first-order valence-electron chi connectivity index (χ1n) is 13.0. The molecule has 0 spiro atoms. The van der Waals surface area contributed by atoms with Crippen LogP contribution in [0.25, 0.3) is 0 Å². The second-order valence-electron chi connectivity index (χ2n) is 9.91. The number of thioether (sulfide) groups is 1. The second kappa shape index (κ2) is 14.9. The molecular weight excluding hydrogens is 639 g/mol. The quantitative estimate of drug-likeness (QED) is 0.0656. The number of nitrogens with two attached hydrogens (primary N) is 1. The molecule has 11 N–H and O–H groups in total. The van der Waals surface area contributed by atoms with E-state index in [2.05, 4.69) is 10.3 Å². The summed E-state index contributed by atoms with van der Waals surface area (Å²) in [7, 11) is -4.87. The zero-order valence-electron chi connectivity index (χ0n) is 23.1. The van der Waals surface area contributed by atoms with Crippen molar-refractivity contribution in [3.8, 4) is 0 Å². The van der Waals surface area contributed by atoms with Crippen LogP contribution in [0, 0.1) is 0 Å². The molecule has 2 aliphatic rings. The number of phosphoric ester groups is 1. The number of nitrogen functional groups attached to an aromatic ring is 1. The Morgan fingerprint density at radius 3 is 2.57 bits per heavy atom. The summed E-state index contributed by atoms with van der Waals surface area (Å²) >= 11 is 0.496. The molecule has 250 valence electrons. The molecule has 0 aromatic carbocycles. The molecule has 1 unspecified atom stereocenters. The van der Waals surface area contributed by atoms with Gasteiger partial charge < -0.3 is 61.2 Å². The average molecular weight is 675 g/mol. The maximum absolute atomic E-state index is 12.4. The van der Waals surface area contributed by atoms with Crippen LogP contribution in [0.1, 0.15) is 19.6 Å². The fourth-order valence-corrected chi connectivity index (χ4v) is 6.50. The first-order valence-corrected chi connectivity index (χ1v) is 15.5. The van der Waals surface area contributed by atoms with Gasteiger partial charge in [-0.05, 0) is 6.07 Å². The number of anilines is 1. The van der Waals surface area contributed by atoms with Crippen molar-refractivity contribution in [1.82, 2.24) is 14.9 Å². The number of nitrogens with zero attached hydrogens (tertiary/aromatic N) is 2. The van der Waals surface area contributed by atoms with Crippen molar-refractivity contribution in [2.24, 2.45) is 0 Å². The van der Waals surface area contributed by atoms with Crippen LogP contribution in [0.15, 0.2) is 17.1 Å². The van der Waals surface area contributed by atoms with Crippen LogP contribution in [-0.2, 0) is 32.7 Å². The maximum Gasteiger partial charge on any atom is 0.472 e. The minimum Gasteiger partial charge on any atom is -0.478 e. The summed E-state index contributed by atoms with van der Waals surface area (Å²) in [6, 6.07) is -0.114. The van der Waals surface area contributed by atoms with Gasteiger partial charge in [-0.3, -0.25) is 18.4 Å². The number of carbonyl (C=O) groups excluding carboxylic acids is 1. The number of carboxylic acid groups (broad SMARTS) is 1. The lowest BCUT2D eigenvalue weighted by atomic mass is 9.90. The van der Waals surface area contributed by atoms with Crippen LogP contribution in [-0.4, -0.2) is 141 Å². The molecule has 1 amide bonds. The van der Waals surface area contributed by atoms with Crippen LogP contribution in [0.5, 0.6) is 0 Å². The fourth-order valence-electron chi connectivity index (χ4n) is 4.56. The highest BCUT2D eigenvalue weighted by Crippen LogP contribution is 2.46. The van der Waals surface area contributed by atoms with E-state index < -0.39 is 112 Å². The Morgan fingerprint density at radius 2 is 1.98 bits per heavy atom. The summed E-state index contributed by atoms with van der Waals surface area (Å²) in [5.41, 5.74) is 4.54. The number of hydrogen-bond donors (Lipinski definition) is 10. The molecule has 2 saturated heterocycles. The van der Waals surface area contributed by atoms with Crippen LogP contribution in [0.4, 0.5) is 5.82 Å². The third-order valence-electron chi connectivity index (χ3n) is 6.72. The lowest BCUT2D eigenvalue weighted by Crippen LogP contribution is -2.66. The van der Waals surface area contributed by atoms with Gasteiger partial charge in [-0.25, -0.2) is 14.2 Å². The normalized spacial score (nSPS) is 33.3. The smallest absolute Gasteiger partial charge is 0.472 e. The molecule has 1 aromatic rings. The zero-order chi connectivity index (χ0) is 33.0. The van der Waals surface area contributed by atoms with Gasteiger partial charge >= 0.3 is 19.5 Å². The topological polar surface area (TPSA) is 323 Å². The Hall–Kier alpha value is -2.24. The Morgan fingerprint density at radius 1 is 1.30 bits per heavy atom. The first kappa shape index (κ1) is 36.2. The molecule has 20 nitrogen and oxygen atoms in total. The highest BCUT2D eigenvalue weighted by Gasteiger charge is 2.55. The fraction of sp³-hybridized carbons (Fsp3) is 0.727. The van der Waals surface area contributed by atoms with Crippen molar-refractivity contribution >= 4 is 37.3 Å². The lowest BCUT2D eigenvalue weighted by molar-refractivity contribution is -0.205. The number of ether oxygens (including phenoxy) is 2. The van der Waals surface area contributed by atoms with E-state index in [9.17, 15) is 59.6 Å². The number of aliphatic hydroxyl groups excluding tert-OH is 6. The number of nitrogens with one attached hydrogen (secondary N) is 1. The maximum atomic E-state index is 12.4. The minimum absolute atomic E-state index is 0.0942. The third-order valence-corrected chi connectivity index (χ3v) is 8.98. The molecule has 3 rings (SSSR count). The molecule has 11 atom stereocenters. The predicted molar refractivity (Wildman–Crippen MR) is 146 cm³/mol. The summed E-state index contributed by atoms with van der Waals surface area (Å²) < 4.78 is 33.9. The molecule has 2 fully saturated rings. The molecule has 3 heterocycles. The van der Waals surface area contributed by atoms with Crippen molar-refractivity contribution in [2.75, 3.05) is 31.3 Å². The number of aliphatic carboxylic acids is 1. The summed E-state index contributed by atoms with van der Waals surface area (Å²) in [5, 5.41) is 73.0. The van der Waals surface area contributed by atoms with Gasteiger partial charge in [-0.15, -0.1) is 11.8 Å². The lowest BCUT2D eigenvalue weighted by Gasteiger charge is -2.46. The van der Waals surface area contributed by atoms with Crippen LogP contribution in [0.2, 0.25) is 0 Å². The van der Waals surface area contributed by atoms with Gasteiger partial charge in [0.2, 0.25) is 10.8 Å². The third kappa shape index (κ3) is 8.51. The van der Waals surface area contributed by atoms with E-state index in [0.717, 1.165) is 11.5 Å². The number of carbonyl (C=O) groups is 2. The summed E-state index contributed by atoms with van der Waals surface area (Å²) in [6.45, 7) is -1.26. The highest BCUT2D eigenvalue weighted by atomic mass is 32.2. The standard InChI is InChI=1S/C22H35N4O16PS/c1-9(28)24-14-10(29)6-22(20(34)35,42-18(14)15(31)11(30)7-27)44-5-4-39-43(37,38)40-8-12-16(32)17(33)19(41-12)26-3-2-13(23)25-21(26)36/h2-3,10-12,14-19,27,29-33H,4-8H2,1H3,(H,24,28)(H,34,35)(H,37,38)(H2,23,25,36)/t10-,11+,12+,14+,15+,16+,17+,18+,19+,22+/m0/s1. The van der Waals surface area contributed by atoms with Crippen molar-refractivity contribution < 1.29 is 73.3 Å². The predicted octanol–water partition coefficient (Wildman–Crippen LogP) is -4.54. The Bertz CT molecular complexity index is 1270. The van der Waals surface area contributed by atoms with Gasteiger partial charge in [-0.2, -0.15) is 4.98 Å². The summed E-state index contributed by atoms with van der Waals surface area (Å²) in [5.74, 6) is -2.74. The zero-order valence-corrected chi connectivity index (χ0v) is 24.8. The molecule has 1 aromatic heterocycles. The number of aliphatic hydroxyl groups is 6. The number of rotatable bonds is 14. The second-order valence-corrected chi connectivity index (χ2v) is 12.7. The number of hydrogen-bond acceptors (Lipinski definition) is 17. The van der Waals surface area contributed by atoms with E-state index in [1.165, 1.54) is 12.3 Å². The number of aromatic nitrogens is 2. The monoisotopic (exact) mass is 674 g/mol. The van der Waals surface area contributed by atoms with Crippen molar-refractivity contribution in [1.29, 1.82) is 0 Å². The number of phosphoric acid groups is 1. The molecular formula is C22H35N4O16PS. The highest BCUT2D eigenvalue weighted by molar-refractivity contribution is 8.01. The van der Waals surface area contributed by atoms with Gasteiger partial charge in [0.1, 0.15) is 42.4 Å². The first-order chi connectivity index (χ1) is 20.5. The molecule has 0 saturated carbocycles. The minimum atomic E-state index is -4.87. The number of amides is 1. The van der Waals surface area contributed by atoms with Crippen molar-refractivity contribution in [3.05, 3.63) is 22.7 Å². The Labute approximate surface area is 252 Å². The largest absolute Gasteiger partial charge is 0.478 e. The molecule has 22 heteroatoms. The SMILES string of the molecule is CC(=O)N[C@H]1[C@H]([C@H](O)[C@H](O)CO)O[C@](SCCOP(=O)(O)OC[C@H]2O[C@@H](n3ccc(N)nc3=O)[C@H](O)[C@@H]2O)(C(=O)O)C[C@@H]1O. The van der Waals surface area contributed by atoms with Crippen molar-refractivity contribution in [2.45, 2.75) is 73.3 Å². The summed E-state index contributed by atoms with van der Waals surface area (Å²) in [6.07, 6.45) is -12.6. The molecule has 44 heavy (non-hydrogen) atoms. The summed E-state index contributed by atoms with van der Waals surface area (Å²) in [4.78, 5) is 47.2. The van der Waals surface area contributed by atoms with Gasteiger partial charge in [0.05, 0.1) is 32.0 Å². The van der Waals surface area contributed by atoms with E-state index in [4.69, 9.17) is 24.3 Å². The van der Waals surface area contributed by atoms with E-state index in [-0.39, 0.29) is 11.6 Å². The number of carboxylic acids is 1. The molecule has 0 bridgehead atoms. The van der Waals surface area contributed by atoms with Gasteiger partial charge in [0.25, 0.3) is 0 Å². The average Bonchev–Trinajstić information content (AvgIpc) is 3.23. The van der Waals surface area contributed by atoms with Crippen LogP contribution in [0.3, 0.4) is 0 Å². The van der Waals surface area contributed by atoms with Gasteiger partial charge in [-0.1, -0.05) is 0 Å². The molecule has 0 radical (unpaired) electrons. The Balaban J connectivity index is 1.59. The van der Waals surface area contributed by atoms with Crippen molar-refractivity contribution in [3.63, 3.8) is 0 Å².